The Bertz CT molecular complexity index is 541. The van der Waals surface area contributed by atoms with Crippen LogP contribution in [0.1, 0.15) is 38.3 Å². The number of benzene rings is 1. The van der Waals surface area contributed by atoms with Crippen molar-refractivity contribution in [2.24, 2.45) is 5.92 Å². The summed E-state index contributed by atoms with van der Waals surface area (Å²) >= 11 is 5.82. The van der Waals surface area contributed by atoms with Crippen molar-refractivity contribution in [1.29, 1.82) is 0 Å². The Balaban J connectivity index is 3.13. The molecule has 1 aromatic carbocycles. The van der Waals surface area contributed by atoms with E-state index in [2.05, 4.69) is 13.8 Å². The highest BCUT2D eigenvalue weighted by atomic mass is 35.5. The molecule has 0 aromatic heterocycles. The largest absolute Gasteiger partial charge is 0.243 e. The molecule has 0 radical (unpaired) electrons. The number of halogens is 1. The van der Waals surface area contributed by atoms with Crippen LogP contribution in [0.15, 0.2) is 23.1 Å². The van der Waals surface area contributed by atoms with Crippen molar-refractivity contribution in [3.63, 3.8) is 0 Å². The summed E-state index contributed by atoms with van der Waals surface area (Å²) in [5, 5.41) is 0. The number of hydrogen-bond acceptors (Lipinski definition) is 2. The summed E-state index contributed by atoms with van der Waals surface area (Å²) < 4.78 is 26.8. The minimum absolute atomic E-state index is 0.322. The van der Waals surface area contributed by atoms with Crippen LogP contribution >= 0.6 is 11.6 Å². The van der Waals surface area contributed by atoms with Gasteiger partial charge in [0.2, 0.25) is 10.0 Å². The smallest absolute Gasteiger partial charge is 0.207 e. The summed E-state index contributed by atoms with van der Waals surface area (Å²) in [5.74, 6) is 0.801. The van der Waals surface area contributed by atoms with E-state index in [4.69, 9.17) is 11.6 Å². The number of hydrogen-bond donors (Lipinski definition) is 0. The summed E-state index contributed by atoms with van der Waals surface area (Å²) in [6.07, 6.45) is 1.54. The molecule has 0 saturated heterocycles. The highest BCUT2D eigenvalue weighted by molar-refractivity contribution is 7.89. The van der Waals surface area contributed by atoms with Crippen molar-refractivity contribution in [3.8, 4) is 0 Å². The molecular weight excluding hydrogens is 294 g/mol. The van der Waals surface area contributed by atoms with Crippen LogP contribution in [0.5, 0.6) is 0 Å². The molecule has 0 aliphatic carbocycles. The van der Waals surface area contributed by atoms with Crippen LogP contribution in [0.3, 0.4) is 0 Å². The fourth-order valence-electron chi connectivity index (χ4n) is 1.94. The van der Waals surface area contributed by atoms with Crippen LogP contribution in [0.25, 0.3) is 0 Å². The molecule has 1 aromatic rings. The van der Waals surface area contributed by atoms with Crippen LogP contribution in [-0.4, -0.2) is 26.3 Å². The Labute approximate surface area is 128 Å². The Kier molecular flexibility index (Phi) is 6.49. The van der Waals surface area contributed by atoms with E-state index in [1.807, 2.05) is 19.1 Å². The molecule has 0 heterocycles. The summed E-state index contributed by atoms with van der Waals surface area (Å²) in [4.78, 5) is 0.393. The molecule has 0 fully saturated rings. The molecule has 0 amide bonds. The average Bonchev–Trinajstić information content (AvgIpc) is 2.43. The zero-order chi connectivity index (χ0) is 15.3. The van der Waals surface area contributed by atoms with Crippen molar-refractivity contribution < 1.29 is 8.42 Å². The zero-order valence-corrected chi connectivity index (χ0v) is 14.3. The molecule has 3 nitrogen and oxygen atoms in total. The number of nitrogens with zero attached hydrogens (tertiary/aromatic N) is 1. The first kappa shape index (κ1) is 17.5. The Hall–Kier alpha value is -0.580. The van der Waals surface area contributed by atoms with E-state index in [-0.39, 0.29) is 0 Å². The molecule has 1 rings (SSSR count). The molecule has 20 heavy (non-hydrogen) atoms. The lowest BCUT2D eigenvalue weighted by Gasteiger charge is -2.20. The maximum Gasteiger partial charge on any atom is 0.243 e. The standard InChI is InChI=1S/C15H24ClNO2S/c1-5-14-7-6-13(11-16)10-15(14)20(18,19)17(4)9-8-12(2)3/h6-7,10,12H,5,8-9,11H2,1-4H3. The molecule has 0 spiro atoms. The molecule has 0 unspecified atom stereocenters. The predicted octanol–water partition coefficient (Wildman–Crippen LogP) is 3.65. The molecule has 114 valence electrons. The van der Waals surface area contributed by atoms with E-state index in [1.54, 1.807) is 13.1 Å². The van der Waals surface area contributed by atoms with E-state index in [0.717, 1.165) is 17.5 Å². The minimum Gasteiger partial charge on any atom is -0.207 e. The van der Waals surface area contributed by atoms with Crippen molar-refractivity contribution in [2.45, 2.75) is 44.4 Å². The number of alkyl halides is 1. The lowest BCUT2D eigenvalue weighted by Crippen LogP contribution is -2.29. The summed E-state index contributed by atoms with van der Waals surface area (Å²) in [5.41, 5.74) is 1.68. The number of rotatable bonds is 7. The Morgan fingerprint density at radius 3 is 2.45 bits per heavy atom. The Morgan fingerprint density at radius 2 is 1.95 bits per heavy atom. The molecule has 0 aliphatic rings. The molecule has 0 N–H and O–H groups in total. The van der Waals surface area contributed by atoms with E-state index in [1.165, 1.54) is 4.31 Å². The first-order valence-corrected chi connectivity index (χ1v) is 8.94. The van der Waals surface area contributed by atoms with Crippen LogP contribution in [-0.2, 0) is 22.3 Å². The first-order chi connectivity index (χ1) is 9.32. The lowest BCUT2D eigenvalue weighted by atomic mass is 10.1. The number of sulfonamides is 1. The third-order valence-electron chi connectivity index (χ3n) is 3.38. The van der Waals surface area contributed by atoms with Crippen LogP contribution in [0, 0.1) is 5.92 Å². The third kappa shape index (κ3) is 4.21. The van der Waals surface area contributed by atoms with E-state index in [9.17, 15) is 8.42 Å². The van der Waals surface area contributed by atoms with Crippen LogP contribution < -0.4 is 0 Å². The normalized spacial score (nSPS) is 12.3. The fraction of sp³-hybridized carbons (Fsp3) is 0.600. The number of aryl methyl sites for hydroxylation is 1. The minimum atomic E-state index is -3.44. The Morgan fingerprint density at radius 1 is 1.30 bits per heavy atom. The molecule has 0 aliphatic heterocycles. The van der Waals surface area contributed by atoms with Gasteiger partial charge < -0.3 is 0 Å². The van der Waals surface area contributed by atoms with Gasteiger partial charge in [0.1, 0.15) is 0 Å². The van der Waals surface area contributed by atoms with E-state index in [0.29, 0.717) is 29.7 Å². The van der Waals surface area contributed by atoms with Gasteiger partial charge in [0, 0.05) is 19.5 Å². The summed E-state index contributed by atoms with van der Waals surface area (Å²) in [6, 6.07) is 5.45. The van der Waals surface area contributed by atoms with E-state index >= 15 is 0 Å². The van der Waals surface area contributed by atoms with Gasteiger partial charge in [0.15, 0.2) is 0 Å². The second kappa shape index (κ2) is 7.43. The molecular formula is C15H24ClNO2S. The topological polar surface area (TPSA) is 37.4 Å². The summed E-state index contributed by atoms with van der Waals surface area (Å²) in [7, 11) is -1.79. The maximum absolute atomic E-state index is 12.7. The van der Waals surface area contributed by atoms with Gasteiger partial charge in [-0.05, 0) is 36.0 Å². The van der Waals surface area contributed by atoms with Gasteiger partial charge in [-0.15, -0.1) is 11.6 Å². The second-order valence-corrected chi connectivity index (χ2v) is 7.72. The van der Waals surface area contributed by atoms with Gasteiger partial charge in [0.05, 0.1) is 4.90 Å². The fourth-order valence-corrected chi connectivity index (χ4v) is 3.63. The highest BCUT2D eigenvalue weighted by Gasteiger charge is 2.23. The van der Waals surface area contributed by atoms with Gasteiger partial charge in [-0.1, -0.05) is 32.9 Å². The van der Waals surface area contributed by atoms with Gasteiger partial charge >= 0.3 is 0 Å². The summed E-state index contributed by atoms with van der Waals surface area (Å²) in [6.45, 7) is 6.68. The van der Waals surface area contributed by atoms with Crippen molar-refractivity contribution in [3.05, 3.63) is 29.3 Å². The van der Waals surface area contributed by atoms with Gasteiger partial charge in [-0.25, -0.2) is 12.7 Å². The monoisotopic (exact) mass is 317 g/mol. The lowest BCUT2D eigenvalue weighted by molar-refractivity contribution is 0.427. The van der Waals surface area contributed by atoms with Gasteiger partial charge in [-0.2, -0.15) is 0 Å². The molecule has 0 bridgehead atoms. The molecule has 0 atom stereocenters. The van der Waals surface area contributed by atoms with Crippen molar-refractivity contribution in [1.82, 2.24) is 4.31 Å². The van der Waals surface area contributed by atoms with E-state index < -0.39 is 10.0 Å². The predicted molar refractivity (Wildman–Crippen MR) is 84.6 cm³/mol. The second-order valence-electron chi connectivity index (χ2n) is 5.44. The SMILES string of the molecule is CCc1ccc(CCl)cc1S(=O)(=O)N(C)CCC(C)C. The molecule has 0 saturated carbocycles. The third-order valence-corrected chi connectivity index (χ3v) is 5.62. The maximum atomic E-state index is 12.7. The quantitative estimate of drug-likeness (QED) is 0.720. The van der Waals surface area contributed by atoms with Gasteiger partial charge in [0.25, 0.3) is 0 Å². The average molecular weight is 318 g/mol. The van der Waals surface area contributed by atoms with Crippen LogP contribution in [0.2, 0.25) is 0 Å². The van der Waals surface area contributed by atoms with Crippen molar-refractivity contribution in [2.75, 3.05) is 13.6 Å². The van der Waals surface area contributed by atoms with Crippen LogP contribution in [0.4, 0.5) is 0 Å². The molecule has 5 heteroatoms. The van der Waals surface area contributed by atoms with Crippen molar-refractivity contribution >= 4 is 21.6 Å². The van der Waals surface area contributed by atoms with Gasteiger partial charge in [-0.3, -0.25) is 0 Å². The highest BCUT2D eigenvalue weighted by Crippen LogP contribution is 2.23. The first-order valence-electron chi connectivity index (χ1n) is 6.97. The zero-order valence-electron chi connectivity index (χ0n) is 12.7.